The van der Waals surface area contributed by atoms with E-state index in [-0.39, 0.29) is 0 Å². The normalized spacial score (nSPS) is 10.8. The van der Waals surface area contributed by atoms with Gasteiger partial charge >= 0.3 is 0 Å². The number of nitrogens with one attached hydrogen (secondary N) is 1. The van der Waals surface area contributed by atoms with Gasteiger partial charge in [0.05, 0.1) is 0 Å². The van der Waals surface area contributed by atoms with E-state index in [4.69, 9.17) is 0 Å². The van der Waals surface area contributed by atoms with Crippen LogP contribution in [0, 0.1) is 20.8 Å². The Kier molecular flexibility index (Phi) is 3.97. The third-order valence-electron chi connectivity index (χ3n) is 3.07. The molecule has 17 heavy (non-hydrogen) atoms. The monoisotopic (exact) mass is 245 g/mol. The largest absolute Gasteiger partial charge is 0.308 e. The van der Waals surface area contributed by atoms with Gasteiger partial charge in [-0.25, -0.2) is 0 Å². The Bertz CT molecular complexity index is 499. The van der Waals surface area contributed by atoms with E-state index in [1.54, 1.807) is 0 Å². The molecule has 0 aliphatic heterocycles. The minimum absolute atomic E-state index is 0.948. The van der Waals surface area contributed by atoms with Crippen LogP contribution in [0.1, 0.15) is 27.1 Å². The molecule has 1 aromatic carbocycles. The van der Waals surface area contributed by atoms with Crippen molar-refractivity contribution < 1.29 is 0 Å². The third kappa shape index (κ3) is 3.18. The molecule has 1 N–H and O–H groups in total. The second-order valence-corrected chi connectivity index (χ2v) is 5.56. The average molecular weight is 245 g/mol. The summed E-state index contributed by atoms with van der Waals surface area (Å²) in [6.07, 6.45) is 0. The van der Waals surface area contributed by atoms with E-state index in [0.717, 1.165) is 13.1 Å². The van der Waals surface area contributed by atoms with Crippen molar-refractivity contribution in [1.29, 1.82) is 0 Å². The Morgan fingerprint density at radius 2 is 1.82 bits per heavy atom. The zero-order chi connectivity index (χ0) is 12.3. The highest BCUT2D eigenvalue weighted by atomic mass is 32.1. The fourth-order valence-corrected chi connectivity index (χ4v) is 2.82. The lowest BCUT2D eigenvalue weighted by atomic mass is 10.1. The Hall–Kier alpha value is -1.12. The van der Waals surface area contributed by atoms with Gasteiger partial charge in [-0.3, -0.25) is 0 Å². The van der Waals surface area contributed by atoms with E-state index in [2.05, 4.69) is 55.7 Å². The van der Waals surface area contributed by atoms with Gasteiger partial charge in [-0.2, -0.15) is 0 Å². The number of aryl methyl sites for hydroxylation is 3. The Morgan fingerprint density at radius 3 is 2.47 bits per heavy atom. The molecule has 0 unspecified atom stereocenters. The lowest BCUT2D eigenvalue weighted by molar-refractivity contribution is 0.696. The molecular formula is C15H19NS. The molecule has 90 valence electrons. The molecule has 1 aromatic heterocycles. The molecule has 0 aliphatic rings. The van der Waals surface area contributed by atoms with Gasteiger partial charge in [0.2, 0.25) is 0 Å². The van der Waals surface area contributed by atoms with Crippen LogP contribution >= 0.6 is 11.3 Å². The van der Waals surface area contributed by atoms with Gasteiger partial charge in [0.1, 0.15) is 0 Å². The molecule has 0 saturated heterocycles. The van der Waals surface area contributed by atoms with Crippen molar-refractivity contribution in [3.05, 3.63) is 56.8 Å². The molecule has 2 aromatic rings. The van der Waals surface area contributed by atoms with Crippen LogP contribution in [0.2, 0.25) is 0 Å². The molecule has 1 heterocycles. The van der Waals surface area contributed by atoms with Crippen molar-refractivity contribution in [3.63, 3.8) is 0 Å². The number of hydrogen-bond donors (Lipinski definition) is 1. The van der Waals surface area contributed by atoms with Crippen LogP contribution in [0.25, 0.3) is 0 Å². The lowest BCUT2D eigenvalue weighted by Crippen LogP contribution is -2.13. The molecular weight excluding hydrogens is 226 g/mol. The molecule has 2 heteroatoms. The highest BCUT2D eigenvalue weighted by Crippen LogP contribution is 2.15. The molecule has 0 atom stereocenters. The predicted molar refractivity (Wildman–Crippen MR) is 75.5 cm³/mol. The first kappa shape index (κ1) is 12.3. The van der Waals surface area contributed by atoms with E-state index in [1.165, 1.54) is 27.1 Å². The van der Waals surface area contributed by atoms with E-state index in [1.807, 2.05) is 11.3 Å². The van der Waals surface area contributed by atoms with Crippen LogP contribution in [-0.2, 0) is 13.1 Å². The highest BCUT2D eigenvalue weighted by Gasteiger charge is 2.01. The molecule has 2 rings (SSSR count). The summed E-state index contributed by atoms with van der Waals surface area (Å²) < 4.78 is 0. The van der Waals surface area contributed by atoms with Crippen LogP contribution in [0.4, 0.5) is 0 Å². The topological polar surface area (TPSA) is 12.0 Å². The van der Waals surface area contributed by atoms with E-state index >= 15 is 0 Å². The minimum Gasteiger partial charge on any atom is -0.308 e. The summed E-state index contributed by atoms with van der Waals surface area (Å²) in [7, 11) is 0. The SMILES string of the molecule is Cc1ccc(CNCc2sccc2C)c(C)c1. The Balaban J connectivity index is 1.92. The van der Waals surface area contributed by atoms with Crippen LogP contribution in [0.15, 0.2) is 29.6 Å². The standard InChI is InChI=1S/C15H19NS/c1-11-4-5-14(13(3)8-11)9-16-10-15-12(2)6-7-17-15/h4-8,16H,9-10H2,1-3H3. The fourth-order valence-electron chi connectivity index (χ4n) is 1.94. The van der Waals surface area contributed by atoms with Gasteiger partial charge in [-0.05, 0) is 48.9 Å². The first-order valence-corrected chi connectivity index (χ1v) is 6.84. The predicted octanol–water partition coefficient (Wildman–Crippen LogP) is 3.96. The lowest BCUT2D eigenvalue weighted by Gasteiger charge is -2.08. The van der Waals surface area contributed by atoms with Crippen molar-refractivity contribution in [1.82, 2.24) is 5.32 Å². The molecule has 0 aliphatic carbocycles. The summed E-state index contributed by atoms with van der Waals surface area (Å²) >= 11 is 1.83. The second-order valence-electron chi connectivity index (χ2n) is 4.56. The molecule has 0 spiro atoms. The smallest absolute Gasteiger partial charge is 0.0305 e. The maximum absolute atomic E-state index is 3.52. The van der Waals surface area contributed by atoms with Gasteiger partial charge in [-0.1, -0.05) is 23.8 Å². The summed E-state index contributed by atoms with van der Waals surface area (Å²) in [5.74, 6) is 0. The van der Waals surface area contributed by atoms with Crippen molar-refractivity contribution in [2.24, 2.45) is 0 Å². The summed E-state index contributed by atoms with van der Waals surface area (Å²) in [4.78, 5) is 1.44. The van der Waals surface area contributed by atoms with Crippen molar-refractivity contribution in [2.75, 3.05) is 0 Å². The highest BCUT2D eigenvalue weighted by molar-refractivity contribution is 7.10. The van der Waals surface area contributed by atoms with Crippen LogP contribution in [0.3, 0.4) is 0 Å². The van der Waals surface area contributed by atoms with Crippen molar-refractivity contribution in [2.45, 2.75) is 33.9 Å². The maximum Gasteiger partial charge on any atom is 0.0305 e. The summed E-state index contributed by atoms with van der Waals surface area (Å²) in [6.45, 7) is 8.41. The quantitative estimate of drug-likeness (QED) is 0.859. The number of benzene rings is 1. The van der Waals surface area contributed by atoms with Crippen molar-refractivity contribution >= 4 is 11.3 Å². The number of hydrogen-bond acceptors (Lipinski definition) is 2. The summed E-state index contributed by atoms with van der Waals surface area (Å²) in [5, 5.41) is 5.67. The maximum atomic E-state index is 3.52. The van der Waals surface area contributed by atoms with E-state index in [9.17, 15) is 0 Å². The van der Waals surface area contributed by atoms with E-state index < -0.39 is 0 Å². The molecule has 0 bridgehead atoms. The molecule has 0 radical (unpaired) electrons. The fraction of sp³-hybridized carbons (Fsp3) is 0.333. The summed E-state index contributed by atoms with van der Waals surface area (Å²) in [6, 6.07) is 8.82. The van der Waals surface area contributed by atoms with Crippen LogP contribution in [-0.4, -0.2) is 0 Å². The Labute approximate surface area is 108 Å². The number of rotatable bonds is 4. The summed E-state index contributed by atoms with van der Waals surface area (Å²) in [5.41, 5.74) is 5.49. The van der Waals surface area contributed by atoms with Gasteiger partial charge in [0.25, 0.3) is 0 Å². The first-order chi connectivity index (χ1) is 8.16. The zero-order valence-corrected chi connectivity index (χ0v) is 11.5. The third-order valence-corrected chi connectivity index (χ3v) is 4.09. The molecule has 1 nitrogen and oxygen atoms in total. The van der Waals surface area contributed by atoms with Crippen LogP contribution in [0.5, 0.6) is 0 Å². The van der Waals surface area contributed by atoms with Gasteiger partial charge in [0.15, 0.2) is 0 Å². The van der Waals surface area contributed by atoms with Gasteiger partial charge in [-0.15, -0.1) is 11.3 Å². The Morgan fingerprint density at radius 1 is 1.00 bits per heavy atom. The van der Waals surface area contributed by atoms with Crippen molar-refractivity contribution in [3.8, 4) is 0 Å². The minimum atomic E-state index is 0.948. The molecule has 0 fully saturated rings. The van der Waals surface area contributed by atoms with Gasteiger partial charge < -0.3 is 5.32 Å². The molecule has 0 amide bonds. The number of thiophene rings is 1. The van der Waals surface area contributed by atoms with Crippen LogP contribution < -0.4 is 5.32 Å². The second kappa shape index (κ2) is 5.48. The zero-order valence-electron chi connectivity index (χ0n) is 10.7. The average Bonchev–Trinajstić information content (AvgIpc) is 2.68. The first-order valence-electron chi connectivity index (χ1n) is 5.96. The van der Waals surface area contributed by atoms with Gasteiger partial charge in [0, 0.05) is 18.0 Å². The molecule has 0 saturated carbocycles. The van der Waals surface area contributed by atoms with E-state index in [0.29, 0.717) is 0 Å².